The van der Waals surface area contributed by atoms with Crippen LogP contribution in [-0.2, 0) is 0 Å². The minimum atomic E-state index is 0.494. The van der Waals surface area contributed by atoms with Gasteiger partial charge in [0.1, 0.15) is 0 Å². The lowest BCUT2D eigenvalue weighted by Crippen LogP contribution is -2.43. The maximum atomic E-state index is 3.40. The Morgan fingerprint density at radius 3 is 1.94 bits per heavy atom. The normalized spacial score (nSPS) is 19.9. The van der Waals surface area contributed by atoms with Gasteiger partial charge < -0.3 is 10.2 Å². The van der Waals surface area contributed by atoms with Gasteiger partial charge in [0, 0.05) is 13.1 Å². The van der Waals surface area contributed by atoms with E-state index in [9.17, 15) is 0 Å². The zero-order valence-corrected chi connectivity index (χ0v) is 12.2. The lowest BCUT2D eigenvalue weighted by atomic mass is 9.81. The number of nitrogens with one attached hydrogen (secondary N) is 1. The van der Waals surface area contributed by atoms with Crippen LogP contribution < -0.4 is 5.32 Å². The largest absolute Gasteiger partial charge is 0.319 e. The molecule has 0 aromatic carbocycles. The van der Waals surface area contributed by atoms with Crippen molar-refractivity contribution < 1.29 is 0 Å². The van der Waals surface area contributed by atoms with Crippen LogP contribution in [0.2, 0.25) is 0 Å². The molecule has 0 unspecified atom stereocenters. The van der Waals surface area contributed by atoms with E-state index < -0.39 is 0 Å². The first kappa shape index (κ1) is 15.0. The Kier molecular flexibility index (Phi) is 7.14. The smallest absolute Gasteiger partial charge is 0.00499 e. The highest BCUT2D eigenvalue weighted by Gasteiger charge is 2.28. The second-order valence-corrected chi connectivity index (χ2v) is 5.78. The summed E-state index contributed by atoms with van der Waals surface area (Å²) in [5.74, 6) is 0. The Morgan fingerprint density at radius 2 is 1.47 bits per heavy atom. The minimum absolute atomic E-state index is 0.494. The molecule has 0 aromatic heterocycles. The van der Waals surface area contributed by atoms with Gasteiger partial charge in [0.15, 0.2) is 0 Å². The summed E-state index contributed by atoms with van der Waals surface area (Å²) in [6, 6.07) is 0. The fourth-order valence-electron chi connectivity index (χ4n) is 3.10. The third kappa shape index (κ3) is 4.97. The van der Waals surface area contributed by atoms with Crippen LogP contribution in [0.25, 0.3) is 0 Å². The van der Waals surface area contributed by atoms with E-state index in [2.05, 4.69) is 31.1 Å². The van der Waals surface area contributed by atoms with Gasteiger partial charge in [-0.25, -0.2) is 0 Å². The van der Waals surface area contributed by atoms with E-state index in [0.29, 0.717) is 5.41 Å². The molecule has 0 aromatic rings. The molecule has 0 aliphatic carbocycles. The van der Waals surface area contributed by atoms with E-state index in [1.54, 1.807) is 0 Å². The summed E-state index contributed by atoms with van der Waals surface area (Å²) in [7, 11) is 2.09. The predicted molar refractivity (Wildman–Crippen MR) is 76.5 cm³/mol. The summed E-state index contributed by atoms with van der Waals surface area (Å²) in [6.45, 7) is 9.81. The molecular formula is C15H32N2. The maximum absolute atomic E-state index is 3.40. The van der Waals surface area contributed by atoms with E-state index in [0.717, 1.165) is 6.54 Å². The molecule has 1 heterocycles. The summed E-state index contributed by atoms with van der Waals surface area (Å²) in [4.78, 5) is 2.73. The first-order valence-electron chi connectivity index (χ1n) is 7.63. The molecule has 1 N–H and O–H groups in total. The Morgan fingerprint density at radius 1 is 0.941 bits per heavy atom. The van der Waals surface area contributed by atoms with Crippen LogP contribution in [-0.4, -0.2) is 38.1 Å². The van der Waals surface area contributed by atoms with Gasteiger partial charge in [-0.05, 0) is 51.2 Å². The van der Waals surface area contributed by atoms with E-state index >= 15 is 0 Å². The van der Waals surface area contributed by atoms with Crippen molar-refractivity contribution in [1.82, 2.24) is 10.2 Å². The van der Waals surface area contributed by atoms with Gasteiger partial charge >= 0.3 is 0 Å². The molecule has 1 saturated heterocycles. The molecule has 0 radical (unpaired) electrons. The van der Waals surface area contributed by atoms with E-state index in [1.807, 2.05) is 0 Å². The third-order valence-corrected chi connectivity index (χ3v) is 4.56. The zero-order valence-electron chi connectivity index (χ0n) is 12.2. The van der Waals surface area contributed by atoms with Gasteiger partial charge in [-0.3, -0.25) is 0 Å². The van der Waals surface area contributed by atoms with Gasteiger partial charge in [0.25, 0.3) is 0 Å². The zero-order chi connectivity index (χ0) is 12.6. The quantitative estimate of drug-likeness (QED) is 0.766. The van der Waals surface area contributed by atoms with Gasteiger partial charge in [-0.1, -0.05) is 33.1 Å². The number of likely N-dealkylation sites (tertiary alicyclic amines) is 1. The molecule has 0 saturated carbocycles. The molecule has 0 atom stereocenters. The topological polar surface area (TPSA) is 15.3 Å². The molecule has 1 aliphatic rings. The van der Waals surface area contributed by atoms with Crippen LogP contribution in [0.5, 0.6) is 0 Å². The van der Waals surface area contributed by atoms with Crippen LogP contribution in [0.1, 0.15) is 58.8 Å². The molecular weight excluding hydrogens is 208 g/mol. The average Bonchev–Trinajstić information content (AvgIpc) is 2.31. The predicted octanol–water partition coefficient (Wildman–Crippen LogP) is 3.28. The minimum Gasteiger partial charge on any atom is -0.319 e. The van der Waals surface area contributed by atoms with Crippen molar-refractivity contribution in [3.63, 3.8) is 0 Å². The summed E-state index contributed by atoms with van der Waals surface area (Å²) in [5.41, 5.74) is 0.494. The summed E-state index contributed by atoms with van der Waals surface area (Å²) < 4.78 is 0. The second-order valence-electron chi connectivity index (χ2n) is 5.78. The number of hydrogen-bond acceptors (Lipinski definition) is 2. The lowest BCUT2D eigenvalue weighted by molar-refractivity contribution is 0.128. The van der Waals surface area contributed by atoms with Crippen molar-refractivity contribution in [2.24, 2.45) is 5.41 Å². The molecule has 0 amide bonds. The van der Waals surface area contributed by atoms with Crippen LogP contribution in [0.3, 0.4) is 0 Å². The maximum Gasteiger partial charge on any atom is 0.00499 e. The number of nitrogens with zero attached hydrogens (tertiary/aromatic N) is 1. The lowest BCUT2D eigenvalue weighted by Gasteiger charge is -2.38. The Hall–Kier alpha value is -0.0800. The van der Waals surface area contributed by atoms with Crippen molar-refractivity contribution >= 4 is 0 Å². The molecule has 1 fully saturated rings. The molecule has 1 rings (SSSR count). The van der Waals surface area contributed by atoms with Crippen molar-refractivity contribution in [2.45, 2.75) is 58.8 Å². The first-order chi connectivity index (χ1) is 8.26. The van der Waals surface area contributed by atoms with Crippen LogP contribution in [0.15, 0.2) is 0 Å². The van der Waals surface area contributed by atoms with Crippen LogP contribution in [0.4, 0.5) is 0 Å². The van der Waals surface area contributed by atoms with Crippen molar-refractivity contribution in [2.75, 3.05) is 33.2 Å². The highest BCUT2D eigenvalue weighted by atomic mass is 15.1. The van der Waals surface area contributed by atoms with Gasteiger partial charge in [0.2, 0.25) is 0 Å². The molecule has 1 aliphatic heterocycles. The molecule has 2 heteroatoms. The molecule has 102 valence electrons. The Balaban J connectivity index is 2.51. The summed E-state index contributed by atoms with van der Waals surface area (Å²) in [5, 5.41) is 3.40. The standard InChI is InChI=1S/C15H32N2/c1-4-15(5-2,13-16-3)14-17-11-9-7-6-8-10-12-17/h16H,4-14H2,1-3H3. The number of hydrogen-bond donors (Lipinski definition) is 1. The monoisotopic (exact) mass is 240 g/mol. The molecule has 0 bridgehead atoms. The number of rotatable bonds is 6. The van der Waals surface area contributed by atoms with Crippen molar-refractivity contribution in [1.29, 1.82) is 0 Å². The molecule has 0 spiro atoms. The van der Waals surface area contributed by atoms with E-state index in [1.165, 1.54) is 64.6 Å². The second kappa shape index (κ2) is 8.10. The third-order valence-electron chi connectivity index (χ3n) is 4.56. The average molecular weight is 240 g/mol. The highest BCUT2D eigenvalue weighted by Crippen LogP contribution is 2.27. The molecule has 2 nitrogen and oxygen atoms in total. The van der Waals surface area contributed by atoms with Gasteiger partial charge in [-0.15, -0.1) is 0 Å². The van der Waals surface area contributed by atoms with E-state index in [4.69, 9.17) is 0 Å². The van der Waals surface area contributed by atoms with Crippen molar-refractivity contribution in [3.05, 3.63) is 0 Å². The summed E-state index contributed by atoms with van der Waals surface area (Å²) >= 11 is 0. The fraction of sp³-hybridized carbons (Fsp3) is 1.00. The van der Waals surface area contributed by atoms with Crippen LogP contribution in [0, 0.1) is 5.41 Å². The van der Waals surface area contributed by atoms with Gasteiger partial charge in [-0.2, -0.15) is 0 Å². The molecule has 17 heavy (non-hydrogen) atoms. The van der Waals surface area contributed by atoms with Crippen molar-refractivity contribution in [3.8, 4) is 0 Å². The fourth-order valence-corrected chi connectivity index (χ4v) is 3.10. The van der Waals surface area contributed by atoms with Gasteiger partial charge in [0.05, 0.1) is 0 Å². The van der Waals surface area contributed by atoms with Crippen LogP contribution >= 0.6 is 0 Å². The first-order valence-corrected chi connectivity index (χ1v) is 7.63. The summed E-state index contributed by atoms with van der Waals surface area (Å²) in [6.07, 6.45) is 9.73. The Labute approximate surface area is 108 Å². The SMILES string of the molecule is CCC(CC)(CNC)CN1CCCCCCC1. The Bertz CT molecular complexity index is 179. The van der Waals surface area contributed by atoms with E-state index in [-0.39, 0.29) is 0 Å². The highest BCUT2D eigenvalue weighted by molar-refractivity contribution is 4.83.